The molecule has 0 aromatic heterocycles. The van der Waals surface area contributed by atoms with Gasteiger partial charge in [0.1, 0.15) is 0 Å². The Labute approximate surface area is 154 Å². The Balaban J connectivity index is 3.27. The summed E-state index contributed by atoms with van der Waals surface area (Å²) >= 11 is 0. The molecule has 0 aliphatic rings. The number of allylic oxidation sites excluding steroid dienone is 1. The third-order valence-corrected chi connectivity index (χ3v) is 6.64. The molecule has 25 heavy (non-hydrogen) atoms. The van der Waals surface area contributed by atoms with E-state index in [2.05, 4.69) is 13.8 Å². The highest BCUT2D eigenvalue weighted by molar-refractivity contribution is 7.95. The van der Waals surface area contributed by atoms with Gasteiger partial charge in [0.2, 0.25) is 9.84 Å². The van der Waals surface area contributed by atoms with Gasteiger partial charge in [-0.3, -0.25) is 0 Å². The first-order valence-electron chi connectivity index (χ1n) is 9.58. The van der Waals surface area contributed by atoms with Crippen LogP contribution in [0.5, 0.6) is 0 Å². The summed E-state index contributed by atoms with van der Waals surface area (Å²) in [6.45, 7) is 8.15. The fourth-order valence-electron chi connectivity index (χ4n) is 2.98. The molecular weight excluding hydrogens is 332 g/mol. The second kappa shape index (κ2) is 10.8. The molecule has 4 heteroatoms. The zero-order valence-electron chi connectivity index (χ0n) is 16.2. The number of hydrogen-bond acceptors (Lipinski definition) is 3. The van der Waals surface area contributed by atoms with Crippen LogP contribution in [0.3, 0.4) is 0 Å². The fraction of sp³-hybridized carbons (Fsp3) is 0.619. The maximum Gasteiger partial charge on any atom is 0.202 e. The number of rotatable bonds is 11. The number of aliphatic hydroxyl groups is 1. The zero-order valence-corrected chi connectivity index (χ0v) is 17.0. The Morgan fingerprint density at radius 3 is 2.12 bits per heavy atom. The summed E-state index contributed by atoms with van der Waals surface area (Å²) in [5.41, 5.74) is 1.03. The number of aliphatic hydroxyl groups excluding tert-OH is 1. The van der Waals surface area contributed by atoms with Crippen LogP contribution >= 0.6 is 0 Å². The topological polar surface area (TPSA) is 54.4 Å². The molecule has 0 amide bonds. The molecule has 0 saturated heterocycles. The average Bonchev–Trinajstić information content (AvgIpc) is 2.59. The first-order chi connectivity index (χ1) is 11.9. The molecule has 0 radical (unpaired) electrons. The standard InChI is InChI=1S/C21H34O3S/c1-5-8-10-18(7-3)21(16-19(22)11-9-6-2)25(23,24)20-14-12-17(4)13-15-20/h12-16,18-19,22H,5-11H2,1-4H3/b21-16+/t18-,19-/m1/s1. The molecular formula is C21H34O3S. The highest BCUT2D eigenvalue weighted by Gasteiger charge is 2.27. The number of sulfone groups is 1. The number of hydrogen-bond donors (Lipinski definition) is 1. The summed E-state index contributed by atoms with van der Waals surface area (Å²) < 4.78 is 26.5. The van der Waals surface area contributed by atoms with Crippen LogP contribution in [0.2, 0.25) is 0 Å². The van der Waals surface area contributed by atoms with Crippen molar-refractivity contribution in [3.8, 4) is 0 Å². The van der Waals surface area contributed by atoms with E-state index < -0.39 is 15.9 Å². The molecule has 142 valence electrons. The lowest BCUT2D eigenvalue weighted by atomic mass is 9.97. The highest BCUT2D eigenvalue weighted by atomic mass is 32.2. The number of unbranched alkanes of at least 4 members (excludes halogenated alkanes) is 2. The van der Waals surface area contributed by atoms with Crippen LogP contribution in [0.15, 0.2) is 40.1 Å². The summed E-state index contributed by atoms with van der Waals surface area (Å²) in [7, 11) is -3.58. The van der Waals surface area contributed by atoms with Crippen LogP contribution in [-0.2, 0) is 9.84 Å². The van der Waals surface area contributed by atoms with Crippen molar-refractivity contribution in [1.29, 1.82) is 0 Å². The molecule has 1 N–H and O–H groups in total. The van der Waals surface area contributed by atoms with Crippen LogP contribution in [0.25, 0.3) is 0 Å². The van der Waals surface area contributed by atoms with E-state index in [0.29, 0.717) is 16.2 Å². The Bertz CT molecular complexity index is 630. The summed E-state index contributed by atoms with van der Waals surface area (Å²) in [6, 6.07) is 6.99. The van der Waals surface area contributed by atoms with Crippen LogP contribution in [-0.4, -0.2) is 19.6 Å². The molecule has 0 fully saturated rings. The van der Waals surface area contributed by atoms with E-state index in [1.54, 1.807) is 18.2 Å². The fourth-order valence-corrected chi connectivity index (χ4v) is 4.81. The average molecular weight is 367 g/mol. The number of aryl methyl sites for hydroxylation is 1. The van der Waals surface area contributed by atoms with E-state index in [9.17, 15) is 13.5 Å². The smallest absolute Gasteiger partial charge is 0.202 e. The van der Waals surface area contributed by atoms with Gasteiger partial charge in [0.05, 0.1) is 15.9 Å². The van der Waals surface area contributed by atoms with Crippen molar-refractivity contribution >= 4 is 9.84 Å². The first-order valence-corrected chi connectivity index (χ1v) is 11.1. The van der Waals surface area contributed by atoms with E-state index in [-0.39, 0.29) is 5.92 Å². The summed E-state index contributed by atoms with van der Waals surface area (Å²) in [5.74, 6) is -0.0393. The van der Waals surface area contributed by atoms with Gasteiger partial charge < -0.3 is 5.11 Å². The third kappa shape index (κ3) is 6.59. The summed E-state index contributed by atoms with van der Waals surface area (Å²) in [4.78, 5) is 0.720. The van der Waals surface area contributed by atoms with Crippen molar-refractivity contribution < 1.29 is 13.5 Å². The van der Waals surface area contributed by atoms with Crippen molar-refractivity contribution in [2.75, 3.05) is 0 Å². The van der Waals surface area contributed by atoms with Gasteiger partial charge in [0.15, 0.2) is 0 Å². The number of benzene rings is 1. The minimum absolute atomic E-state index is 0.0393. The Morgan fingerprint density at radius 2 is 1.60 bits per heavy atom. The lowest BCUT2D eigenvalue weighted by molar-refractivity contribution is 0.207. The molecule has 2 atom stereocenters. The van der Waals surface area contributed by atoms with Crippen molar-refractivity contribution in [2.45, 2.75) is 83.6 Å². The van der Waals surface area contributed by atoms with Crippen LogP contribution in [0.4, 0.5) is 0 Å². The maximum absolute atomic E-state index is 13.2. The van der Waals surface area contributed by atoms with E-state index in [4.69, 9.17) is 0 Å². The SMILES string of the molecule is CCCC[C@@H](CC)/C(=C\[C@H](O)CCCC)S(=O)(=O)c1ccc(C)cc1. The molecule has 1 rings (SSSR count). The highest BCUT2D eigenvalue weighted by Crippen LogP contribution is 2.32. The normalized spacial score (nSPS) is 15.2. The molecule has 0 heterocycles. The minimum atomic E-state index is -3.58. The van der Waals surface area contributed by atoms with Crippen molar-refractivity contribution in [3.05, 3.63) is 40.8 Å². The first kappa shape index (κ1) is 21.9. The lowest BCUT2D eigenvalue weighted by Gasteiger charge is -2.21. The predicted molar refractivity (Wildman–Crippen MR) is 105 cm³/mol. The molecule has 1 aromatic rings. The monoisotopic (exact) mass is 366 g/mol. The van der Waals surface area contributed by atoms with E-state index in [1.807, 2.05) is 26.0 Å². The van der Waals surface area contributed by atoms with Gasteiger partial charge in [-0.15, -0.1) is 0 Å². The van der Waals surface area contributed by atoms with Crippen molar-refractivity contribution in [2.24, 2.45) is 5.92 Å². The van der Waals surface area contributed by atoms with Gasteiger partial charge in [-0.1, -0.05) is 64.2 Å². The summed E-state index contributed by atoms with van der Waals surface area (Å²) in [5, 5.41) is 10.3. The van der Waals surface area contributed by atoms with Gasteiger partial charge in [0.25, 0.3) is 0 Å². The zero-order chi connectivity index (χ0) is 18.9. The molecule has 0 bridgehead atoms. The largest absolute Gasteiger partial charge is 0.389 e. The minimum Gasteiger partial charge on any atom is -0.389 e. The molecule has 1 aromatic carbocycles. The molecule has 0 saturated carbocycles. The third-order valence-electron chi connectivity index (χ3n) is 4.65. The van der Waals surface area contributed by atoms with Gasteiger partial charge in [0, 0.05) is 0 Å². The van der Waals surface area contributed by atoms with Gasteiger partial charge >= 0.3 is 0 Å². The van der Waals surface area contributed by atoms with Crippen LogP contribution < -0.4 is 0 Å². The van der Waals surface area contributed by atoms with Crippen molar-refractivity contribution in [1.82, 2.24) is 0 Å². The van der Waals surface area contributed by atoms with Crippen LogP contribution in [0, 0.1) is 12.8 Å². The lowest BCUT2D eigenvalue weighted by Crippen LogP contribution is -2.17. The molecule has 0 unspecified atom stereocenters. The molecule has 0 spiro atoms. The molecule has 3 nitrogen and oxygen atoms in total. The maximum atomic E-state index is 13.2. The van der Waals surface area contributed by atoms with Gasteiger partial charge in [-0.25, -0.2) is 8.42 Å². The Hall–Kier alpha value is -1.13. The Morgan fingerprint density at radius 1 is 1.04 bits per heavy atom. The second-order valence-corrected chi connectivity index (χ2v) is 8.79. The summed E-state index contributed by atoms with van der Waals surface area (Å²) in [6.07, 6.45) is 7.01. The van der Waals surface area contributed by atoms with Crippen LogP contribution in [0.1, 0.15) is 71.3 Å². The van der Waals surface area contributed by atoms with E-state index >= 15 is 0 Å². The van der Waals surface area contributed by atoms with Crippen molar-refractivity contribution in [3.63, 3.8) is 0 Å². The predicted octanol–water partition coefficient (Wildman–Crippen LogP) is 5.42. The van der Waals surface area contributed by atoms with E-state index in [1.165, 1.54) is 0 Å². The molecule has 0 aliphatic heterocycles. The Kier molecular flexibility index (Phi) is 9.44. The van der Waals surface area contributed by atoms with E-state index in [0.717, 1.165) is 44.1 Å². The van der Waals surface area contributed by atoms with Gasteiger partial charge in [-0.2, -0.15) is 0 Å². The van der Waals surface area contributed by atoms with Gasteiger partial charge in [-0.05, 0) is 50.3 Å². The second-order valence-electron chi connectivity index (χ2n) is 6.84. The molecule has 0 aliphatic carbocycles. The quantitative estimate of drug-likeness (QED) is 0.569.